The third kappa shape index (κ3) is 3.41. The molecule has 0 saturated carbocycles. The van der Waals surface area contributed by atoms with Gasteiger partial charge >= 0.3 is 0 Å². The van der Waals surface area contributed by atoms with Crippen molar-refractivity contribution in [3.8, 4) is 0 Å². The molecule has 0 radical (unpaired) electrons. The lowest BCUT2D eigenvalue weighted by Crippen LogP contribution is -2.43. The number of carbonyl (C=O) groups is 1. The van der Waals surface area contributed by atoms with Crippen molar-refractivity contribution in [3.63, 3.8) is 0 Å². The first-order chi connectivity index (χ1) is 9.98. The van der Waals surface area contributed by atoms with Gasteiger partial charge in [-0.25, -0.2) is 8.42 Å². The van der Waals surface area contributed by atoms with Gasteiger partial charge in [0.2, 0.25) is 10.0 Å². The summed E-state index contributed by atoms with van der Waals surface area (Å²) in [4.78, 5) is 11.0. The average molecular weight is 307 g/mol. The maximum Gasteiger partial charge on any atom is 0.243 e. The van der Waals surface area contributed by atoms with E-state index >= 15 is 0 Å². The van der Waals surface area contributed by atoms with Gasteiger partial charge < -0.3 is 4.79 Å². The van der Waals surface area contributed by atoms with E-state index < -0.39 is 10.0 Å². The molecule has 0 spiro atoms. The van der Waals surface area contributed by atoms with Gasteiger partial charge in [0.15, 0.2) is 0 Å². The smallest absolute Gasteiger partial charge is 0.243 e. The highest BCUT2D eigenvalue weighted by molar-refractivity contribution is 7.89. The molecule has 0 amide bonds. The monoisotopic (exact) mass is 307 g/mol. The number of rotatable bonds is 5. The van der Waals surface area contributed by atoms with Crippen LogP contribution in [0.25, 0.3) is 0 Å². The van der Waals surface area contributed by atoms with Crippen LogP contribution in [0.2, 0.25) is 0 Å². The number of hydrogen-bond acceptors (Lipinski definition) is 3. The summed E-state index contributed by atoms with van der Waals surface area (Å²) in [6.45, 7) is 6.56. The second-order valence-electron chi connectivity index (χ2n) is 5.53. The molecule has 1 aliphatic rings. The lowest BCUT2D eigenvalue weighted by molar-refractivity contribution is -0.109. The molecular formula is C16H21NO3S. The van der Waals surface area contributed by atoms with Crippen LogP contribution in [0.3, 0.4) is 0 Å². The number of benzene rings is 1. The van der Waals surface area contributed by atoms with Gasteiger partial charge in [-0.3, -0.25) is 0 Å². The molecule has 2 atom stereocenters. The normalized spacial score (nSPS) is 23.7. The van der Waals surface area contributed by atoms with Gasteiger partial charge in [-0.05, 0) is 37.3 Å². The van der Waals surface area contributed by atoms with Crippen molar-refractivity contribution < 1.29 is 13.2 Å². The van der Waals surface area contributed by atoms with E-state index in [0.29, 0.717) is 30.8 Å². The molecule has 1 heterocycles. The van der Waals surface area contributed by atoms with Gasteiger partial charge in [-0.2, -0.15) is 4.31 Å². The van der Waals surface area contributed by atoms with Gasteiger partial charge in [0.05, 0.1) is 4.90 Å². The van der Waals surface area contributed by atoms with E-state index in [4.69, 9.17) is 0 Å². The summed E-state index contributed by atoms with van der Waals surface area (Å²) in [7, 11) is -3.46. The highest BCUT2D eigenvalue weighted by atomic mass is 32.2. The third-order valence-electron chi connectivity index (χ3n) is 4.13. The quantitative estimate of drug-likeness (QED) is 0.620. The number of aryl methyl sites for hydroxylation is 1. The van der Waals surface area contributed by atoms with Crippen LogP contribution in [-0.2, 0) is 14.8 Å². The van der Waals surface area contributed by atoms with Crippen molar-refractivity contribution in [2.45, 2.75) is 24.7 Å². The largest absolute Gasteiger partial charge is 0.303 e. The molecule has 1 fully saturated rings. The van der Waals surface area contributed by atoms with Crippen LogP contribution >= 0.6 is 0 Å². The summed E-state index contributed by atoms with van der Waals surface area (Å²) < 4.78 is 26.8. The maximum atomic E-state index is 12.6. The predicted octanol–water partition coefficient (Wildman–Crippen LogP) is 2.40. The van der Waals surface area contributed by atoms with E-state index in [1.54, 1.807) is 30.3 Å². The molecule has 1 aromatic rings. The average Bonchev–Trinajstić information content (AvgIpc) is 2.48. The van der Waals surface area contributed by atoms with Crippen LogP contribution in [-0.4, -0.2) is 32.1 Å². The van der Waals surface area contributed by atoms with E-state index in [9.17, 15) is 13.2 Å². The van der Waals surface area contributed by atoms with Crippen LogP contribution in [0.1, 0.15) is 18.4 Å². The minimum absolute atomic E-state index is 0.0316. The Morgan fingerprint density at radius 3 is 2.57 bits per heavy atom. The first-order valence-electron chi connectivity index (χ1n) is 7.12. The second-order valence-corrected chi connectivity index (χ2v) is 7.46. The van der Waals surface area contributed by atoms with Crippen molar-refractivity contribution in [3.05, 3.63) is 42.5 Å². The zero-order valence-electron chi connectivity index (χ0n) is 12.2. The number of sulfonamides is 1. The van der Waals surface area contributed by atoms with Crippen molar-refractivity contribution in [1.29, 1.82) is 0 Å². The number of piperidine rings is 1. The SMILES string of the molecule is C=C[C@H]1CN(S(=O)(=O)c2ccc(C)cc2)CC[C@H]1CC=O. The van der Waals surface area contributed by atoms with E-state index in [1.807, 2.05) is 6.92 Å². The van der Waals surface area contributed by atoms with Crippen LogP contribution in [0.5, 0.6) is 0 Å². The molecule has 0 aliphatic carbocycles. The first kappa shape index (κ1) is 15.9. The van der Waals surface area contributed by atoms with E-state index in [-0.39, 0.29) is 11.8 Å². The van der Waals surface area contributed by atoms with Crippen LogP contribution in [0.15, 0.2) is 41.8 Å². The lowest BCUT2D eigenvalue weighted by Gasteiger charge is -2.35. The minimum Gasteiger partial charge on any atom is -0.303 e. The Bertz CT molecular complexity index is 607. The molecule has 1 saturated heterocycles. The summed E-state index contributed by atoms with van der Waals surface area (Å²) in [5.74, 6) is 0.230. The fraction of sp³-hybridized carbons (Fsp3) is 0.438. The van der Waals surface area contributed by atoms with Crippen molar-refractivity contribution >= 4 is 16.3 Å². The second kappa shape index (κ2) is 6.54. The fourth-order valence-electron chi connectivity index (χ4n) is 2.76. The number of carbonyl (C=O) groups excluding carboxylic acids is 1. The summed E-state index contributed by atoms with van der Waals surface area (Å²) in [5, 5.41) is 0. The third-order valence-corrected chi connectivity index (χ3v) is 6.01. The van der Waals surface area contributed by atoms with Crippen molar-refractivity contribution in [2.24, 2.45) is 11.8 Å². The van der Waals surface area contributed by atoms with Gasteiger partial charge in [-0.15, -0.1) is 6.58 Å². The zero-order chi connectivity index (χ0) is 15.5. The Morgan fingerprint density at radius 2 is 2.00 bits per heavy atom. The Hall–Kier alpha value is -1.46. The molecule has 0 N–H and O–H groups in total. The van der Waals surface area contributed by atoms with Crippen LogP contribution in [0, 0.1) is 18.8 Å². The molecule has 0 aromatic heterocycles. The summed E-state index contributed by atoms with van der Waals surface area (Å²) in [5.41, 5.74) is 1.03. The topological polar surface area (TPSA) is 54.5 Å². The molecule has 21 heavy (non-hydrogen) atoms. The van der Waals surface area contributed by atoms with E-state index in [0.717, 1.165) is 11.8 Å². The zero-order valence-corrected chi connectivity index (χ0v) is 13.1. The van der Waals surface area contributed by atoms with Crippen LogP contribution < -0.4 is 0 Å². The molecule has 4 nitrogen and oxygen atoms in total. The highest BCUT2D eigenvalue weighted by Crippen LogP contribution is 2.30. The number of nitrogens with zero attached hydrogens (tertiary/aromatic N) is 1. The molecule has 5 heteroatoms. The van der Waals surface area contributed by atoms with Crippen LogP contribution in [0.4, 0.5) is 0 Å². The van der Waals surface area contributed by atoms with Crippen molar-refractivity contribution in [2.75, 3.05) is 13.1 Å². The summed E-state index contributed by atoms with van der Waals surface area (Å²) in [6, 6.07) is 6.89. The van der Waals surface area contributed by atoms with Gasteiger partial charge in [0.25, 0.3) is 0 Å². The number of hydrogen-bond donors (Lipinski definition) is 0. The Balaban J connectivity index is 2.20. The van der Waals surface area contributed by atoms with Gasteiger partial charge in [-0.1, -0.05) is 23.8 Å². The molecule has 0 bridgehead atoms. The predicted molar refractivity (Wildman–Crippen MR) is 82.4 cm³/mol. The van der Waals surface area contributed by atoms with E-state index in [1.165, 1.54) is 4.31 Å². The molecule has 114 valence electrons. The molecule has 2 rings (SSSR count). The summed E-state index contributed by atoms with van der Waals surface area (Å²) in [6.07, 6.45) is 3.84. The standard InChI is InChI=1S/C16H21NO3S/c1-3-14-12-17(10-8-15(14)9-11-18)21(19,20)16-6-4-13(2)5-7-16/h3-7,11,14-15H,1,8-10,12H2,2H3/t14-,15-/m0/s1. The van der Waals surface area contributed by atoms with Gasteiger partial charge in [0.1, 0.15) is 6.29 Å². The lowest BCUT2D eigenvalue weighted by atomic mass is 9.84. The fourth-order valence-corrected chi connectivity index (χ4v) is 4.25. The minimum atomic E-state index is -3.46. The number of aldehydes is 1. The maximum absolute atomic E-state index is 12.6. The Morgan fingerprint density at radius 1 is 1.33 bits per heavy atom. The van der Waals surface area contributed by atoms with Crippen molar-refractivity contribution in [1.82, 2.24) is 4.31 Å². The Labute approximate surface area is 126 Å². The molecule has 1 aromatic carbocycles. The van der Waals surface area contributed by atoms with E-state index in [2.05, 4.69) is 6.58 Å². The Kier molecular flexibility index (Phi) is 4.96. The molecule has 0 unspecified atom stereocenters. The van der Waals surface area contributed by atoms with Gasteiger partial charge in [0, 0.05) is 19.5 Å². The highest BCUT2D eigenvalue weighted by Gasteiger charge is 2.33. The molecular weight excluding hydrogens is 286 g/mol. The molecule has 1 aliphatic heterocycles. The summed E-state index contributed by atoms with van der Waals surface area (Å²) >= 11 is 0. The first-order valence-corrected chi connectivity index (χ1v) is 8.56.